The van der Waals surface area contributed by atoms with Crippen LogP contribution in [0.3, 0.4) is 0 Å². The maximum atomic E-state index is 10.7. The quantitative estimate of drug-likeness (QED) is 0.252. The summed E-state index contributed by atoms with van der Waals surface area (Å²) in [5, 5.41) is 44.4. The fraction of sp³-hybridized carbons (Fsp3) is 0. The highest BCUT2D eigenvalue weighted by Gasteiger charge is 2.15. The lowest BCUT2D eigenvalue weighted by molar-refractivity contribution is 0.475. The van der Waals surface area contributed by atoms with Crippen molar-refractivity contribution in [2.75, 3.05) is 0 Å². The Balaban J connectivity index is 1.51. The fourth-order valence-corrected chi connectivity index (χ4v) is 4.36. The summed E-state index contributed by atoms with van der Waals surface area (Å²) in [6.07, 6.45) is 0. The Morgan fingerprint density at radius 2 is 0.833 bits per heavy atom. The minimum absolute atomic E-state index is 0.0707. The van der Waals surface area contributed by atoms with E-state index in [9.17, 15) is 10.2 Å². The van der Waals surface area contributed by atoms with Gasteiger partial charge in [-0.3, -0.25) is 0 Å². The molecule has 172 valence electrons. The number of azo groups is 2. The molecule has 0 amide bonds. The number of hydrogen-bond acceptors (Lipinski definition) is 6. The Bertz CT molecular complexity index is 1690. The number of aromatic hydroxyl groups is 2. The molecule has 0 bridgehead atoms. The van der Waals surface area contributed by atoms with Gasteiger partial charge in [0.1, 0.15) is 22.9 Å². The van der Waals surface area contributed by atoms with Crippen LogP contribution in [0.1, 0.15) is 0 Å². The first-order valence-corrected chi connectivity index (χ1v) is 11.5. The standard InChI is InChI=1S/C30H20N4O2/c35-26-17-15-21-16-18-27(36)30(34-32-25-14-6-10-20-8-2-4-12-23(20)25)28(21)29(26)33-31-24-13-5-9-19-7-1-3-11-22(19)24/h1-18,35-36H. The first-order chi connectivity index (χ1) is 17.7. The molecule has 6 aromatic rings. The van der Waals surface area contributed by atoms with Crippen molar-refractivity contribution in [3.8, 4) is 11.5 Å². The van der Waals surface area contributed by atoms with E-state index in [1.54, 1.807) is 24.3 Å². The van der Waals surface area contributed by atoms with Gasteiger partial charge in [0, 0.05) is 16.2 Å². The van der Waals surface area contributed by atoms with E-state index in [2.05, 4.69) is 20.5 Å². The number of nitrogens with zero attached hydrogens (tertiary/aromatic N) is 4. The highest BCUT2D eigenvalue weighted by Crippen LogP contribution is 2.46. The zero-order valence-electron chi connectivity index (χ0n) is 19.1. The van der Waals surface area contributed by atoms with Crippen molar-refractivity contribution in [2.24, 2.45) is 20.5 Å². The first kappa shape index (κ1) is 21.4. The SMILES string of the molecule is Oc1ccc2ccc(O)c(N=Nc3cccc4ccccc34)c2c1N=Nc1cccc2ccccc12. The minimum atomic E-state index is -0.0707. The normalized spacial score (nSPS) is 11.9. The maximum absolute atomic E-state index is 10.7. The minimum Gasteiger partial charge on any atom is -0.506 e. The molecular weight excluding hydrogens is 448 g/mol. The highest BCUT2D eigenvalue weighted by atomic mass is 16.3. The molecule has 0 unspecified atom stereocenters. The number of phenols is 2. The van der Waals surface area contributed by atoms with Crippen LogP contribution in [0.5, 0.6) is 11.5 Å². The second kappa shape index (κ2) is 8.92. The van der Waals surface area contributed by atoms with Gasteiger partial charge in [0.15, 0.2) is 0 Å². The van der Waals surface area contributed by atoms with E-state index in [1.807, 2.05) is 84.9 Å². The first-order valence-electron chi connectivity index (χ1n) is 11.5. The summed E-state index contributed by atoms with van der Waals surface area (Å²) >= 11 is 0. The molecule has 6 nitrogen and oxygen atoms in total. The number of fused-ring (bicyclic) bond motifs is 3. The van der Waals surface area contributed by atoms with E-state index >= 15 is 0 Å². The largest absolute Gasteiger partial charge is 0.506 e. The van der Waals surface area contributed by atoms with Crippen LogP contribution < -0.4 is 0 Å². The van der Waals surface area contributed by atoms with Gasteiger partial charge in [-0.2, -0.15) is 0 Å². The van der Waals surface area contributed by atoms with E-state index in [0.29, 0.717) is 16.8 Å². The average Bonchev–Trinajstić information content (AvgIpc) is 2.92. The molecule has 6 aromatic carbocycles. The summed E-state index contributed by atoms with van der Waals surface area (Å²) in [6.45, 7) is 0. The van der Waals surface area contributed by atoms with Gasteiger partial charge in [0.2, 0.25) is 0 Å². The van der Waals surface area contributed by atoms with Crippen LogP contribution in [-0.2, 0) is 0 Å². The van der Waals surface area contributed by atoms with Gasteiger partial charge in [-0.15, -0.1) is 20.5 Å². The predicted molar refractivity (Wildman–Crippen MR) is 144 cm³/mol. The van der Waals surface area contributed by atoms with E-state index in [-0.39, 0.29) is 22.9 Å². The van der Waals surface area contributed by atoms with E-state index in [4.69, 9.17) is 0 Å². The van der Waals surface area contributed by atoms with Crippen LogP contribution in [-0.4, -0.2) is 10.2 Å². The monoisotopic (exact) mass is 468 g/mol. The van der Waals surface area contributed by atoms with Crippen molar-refractivity contribution in [2.45, 2.75) is 0 Å². The molecule has 0 fully saturated rings. The second-order valence-electron chi connectivity index (χ2n) is 8.36. The third-order valence-corrected chi connectivity index (χ3v) is 6.14. The van der Waals surface area contributed by atoms with Crippen molar-refractivity contribution in [3.63, 3.8) is 0 Å². The van der Waals surface area contributed by atoms with Crippen molar-refractivity contribution >= 4 is 55.1 Å². The van der Waals surface area contributed by atoms with Crippen molar-refractivity contribution in [1.82, 2.24) is 0 Å². The van der Waals surface area contributed by atoms with Gasteiger partial charge in [-0.25, -0.2) is 0 Å². The van der Waals surface area contributed by atoms with E-state index < -0.39 is 0 Å². The zero-order chi connectivity index (χ0) is 24.5. The molecular formula is C30H20N4O2. The summed E-state index contributed by atoms with van der Waals surface area (Å²) in [5.74, 6) is -0.141. The third-order valence-electron chi connectivity index (χ3n) is 6.14. The molecule has 0 saturated heterocycles. The molecule has 6 rings (SSSR count). The number of phenolic OH excluding ortho intramolecular Hbond substituents is 2. The van der Waals surface area contributed by atoms with E-state index in [1.165, 1.54) is 0 Å². The lowest BCUT2D eigenvalue weighted by Gasteiger charge is -2.09. The molecule has 0 radical (unpaired) electrons. The van der Waals surface area contributed by atoms with Gasteiger partial charge in [0.05, 0.1) is 11.4 Å². The average molecular weight is 469 g/mol. The zero-order valence-corrected chi connectivity index (χ0v) is 19.1. The Labute approximate surface area is 206 Å². The number of hydrogen-bond donors (Lipinski definition) is 2. The molecule has 0 heterocycles. The van der Waals surface area contributed by atoms with Crippen LogP contribution in [0.4, 0.5) is 22.7 Å². The van der Waals surface area contributed by atoms with Crippen LogP contribution in [0.15, 0.2) is 130 Å². The van der Waals surface area contributed by atoms with Gasteiger partial charge < -0.3 is 10.2 Å². The van der Waals surface area contributed by atoms with Crippen LogP contribution >= 0.6 is 0 Å². The summed E-state index contributed by atoms with van der Waals surface area (Å²) in [6, 6.07) is 34.0. The van der Waals surface area contributed by atoms with E-state index in [0.717, 1.165) is 26.9 Å². The Morgan fingerprint density at radius 3 is 1.33 bits per heavy atom. The number of rotatable bonds is 4. The van der Waals surface area contributed by atoms with Gasteiger partial charge in [-0.1, -0.05) is 84.9 Å². The lowest BCUT2D eigenvalue weighted by Crippen LogP contribution is -1.79. The topological polar surface area (TPSA) is 89.9 Å². The molecule has 6 heteroatoms. The summed E-state index contributed by atoms with van der Waals surface area (Å²) in [4.78, 5) is 0. The van der Waals surface area contributed by atoms with Crippen LogP contribution in [0.2, 0.25) is 0 Å². The van der Waals surface area contributed by atoms with Crippen molar-refractivity contribution < 1.29 is 10.2 Å². The molecule has 0 aliphatic heterocycles. The Morgan fingerprint density at radius 1 is 0.389 bits per heavy atom. The van der Waals surface area contributed by atoms with Gasteiger partial charge in [0.25, 0.3) is 0 Å². The molecule has 36 heavy (non-hydrogen) atoms. The molecule has 0 aliphatic carbocycles. The number of benzene rings is 6. The smallest absolute Gasteiger partial charge is 0.143 e. The summed E-state index contributed by atoms with van der Waals surface area (Å²) in [7, 11) is 0. The Hall–Kier alpha value is -5.10. The van der Waals surface area contributed by atoms with Gasteiger partial charge >= 0.3 is 0 Å². The highest BCUT2D eigenvalue weighted by molar-refractivity contribution is 6.05. The molecule has 0 aromatic heterocycles. The second-order valence-corrected chi connectivity index (χ2v) is 8.36. The predicted octanol–water partition coefficient (Wildman–Crippen LogP) is 9.39. The molecule has 0 spiro atoms. The van der Waals surface area contributed by atoms with Crippen LogP contribution in [0, 0.1) is 0 Å². The summed E-state index contributed by atoms with van der Waals surface area (Å²) < 4.78 is 0. The van der Waals surface area contributed by atoms with Crippen LogP contribution in [0.25, 0.3) is 32.3 Å². The lowest BCUT2D eigenvalue weighted by atomic mass is 10.1. The summed E-state index contributed by atoms with van der Waals surface area (Å²) in [5.41, 5.74) is 1.76. The van der Waals surface area contributed by atoms with Crippen molar-refractivity contribution in [3.05, 3.63) is 109 Å². The molecule has 0 saturated carbocycles. The van der Waals surface area contributed by atoms with Crippen molar-refractivity contribution in [1.29, 1.82) is 0 Å². The molecule has 0 atom stereocenters. The maximum Gasteiger partial charge on any atom is 0.143 e. The third kappa shape index (κ3) is 3.80. The fourth-order valence-electron chi connectivity index (χ4n) is 4.36. The Kier molecular flexibility index (Phi) is 5.31. The molecule has 2 N–H and O–H groups in total. The molecule has 0 aliphatic rings. The van der Waals surface area contributed by atoms with Gasteiger partial charge in [-0.05, 0) is 40.4 Å².